The summed E-state index contributed by atoms with van der Waals surface area (Å²) >= 11 is 0. The number of rotatable bonds is 15. The fourth-order valence-corrected chi connectivity index (χ4v) is 9.55. The summed E-state index contributed by atoms with van der Waals surface area (Å²) in [7, 11) is 0. The van der Waals surface area contributed by atoms with Gasteiger partial charge in [-0.25, -0.2) is 0 Å². The van der Waals surface area contributed by atoms with Crippen LogP contribution in [0.25, 0.3) is 33.1 Å². The highest BCUT2D eigenvalue weighted by molar-refractivity contribution is 6.10. The molecule has 1 heterocycles. The van der Waals surface area contributed by atoms with Crippen molar-refractivity contribution in [2.24, 2.45) is 5.92 Å². The maximum atomic E-state index is 4.38. The molecule has 0 N–H and O–H groups in total. The molecule has 2 unspecified atom stereocenters. The van der Waals surface area contributed by atoms with Crippen LogP contribution >= 0.6 is 0 Å². The van der Waals surface area contributed by atoms with Crippen LogP contribution in [-0.2, 0) is 10.8 Å². The van der Waals surface area contributed by atoms with E-state index in [2.05, 4.69) is 215 Å². The van der Waals surface area contributed by atoms with E-state index in [1.807, 2.05) is 0 Å². The number of hydrogen-bond acceptors (Lipinski definition) is 0. The molecule has 0 aliphatic rings. The highest BCUT2D eigenvalue weighted by atomic mass is 15.0. The van der Waals surface area contributed by atoms with Crippen molar-refractivity contribution in [1.82, 2.24) is 4.57 Å². The Labute approximate surface area is 350 Å². The van der Waals surface area contributed by atoms with Crippen LogP contribution in [0.3, 0.4) is 0 Å². The Bertz CT molecular complexity index is 2490. The number of unbranched alkanes of at least 4 members (excludes halogenated alkanes) is 1. The van der Waals surface area contributed by atoms with Crippen LogP contribution in [0, 0.1) is 19.8 Å². The quantitative estimate of drug-likeness (QED) is 0.0918. The average Bonchev–Trinajstić information content (AvgIpc) is 3.54. The van der Waals surface area contributed by atoms with Crippen molar-refractivity contribution in [1.29, 1.82) is 0 Å². The van der Waals surface area contributed by atoms with E-state index in [-0.39, 0.29) is 10.8 Å². The first kappa shape index (κ1) is 42.5. The summed E-state index contributed by atoms with van der Waals surface area (Å²) in [4.78, 5) is 0. The van der Waals surface area contributed by atoms with Gasteiger partial charge in [0.2, 0.25) is 0 Å². The Balaban J connectivity index is 1.70. The van der Waals surface area contributed by atoms with E-state index in [1.165, 1.54) is 88.7 Å². The summed E-state index contributed by atoms with van der Waals surface area (Å²) in [6.45, 7) is 34.3. The summed E-state index contributed by atoms with van der Waals surface area (Å²) in [5, 5.41) is 2.59. The van der Waals surface area contributed by atoms with Gasteiger partial charge in [0.1, 0.15) is 0 Å². The zero-order valence-corrected chi connectivity index (χ0v) is 37.4. The SMILES string of the molecule is C=C/C(=C(\C=C)C(C)(C)c1cc2c(cc1C)c1cc(C(C)(C)c3ccccc3C)c(C(C)CC)cc1n2-c1ccc(/C(=C\CCC)c2ccccc2)cc1)C(C)CC. The Morgan fingerprint density at radius 3 is 1.88 bits per heavy atom. The molecule has 0 saturated heterocycles. The van der Waals surface area contributed by atoms with Gasteiger partial charge < -0.3 is 4.57 Å². The van der Waals surface area contributed by atoms with Gasteiger partial charge in [0.15, 0.2) is 0 Å². The molecule has 5 aromatic carbocycles. The summed E-state index contributed by atoms with van der Waals surface area (Å²) in [5.41, 5.74) is 17.7. The third-order valence-electron chi connectivity index (χ3n) is 13.3. The summed E-state index contributed by atoms with van der Waals surface area (Å²) in [6.07, 6.45) is 10.8. The van der Waals surface area contributed by atoms with Gasteiger partial charge in [-0.3, -0.25) is 0 Å². The van der Waals surface area contributed by atoms with E-state index in [4.69, 9.17) is 0 Å². The monoisotopic (exact) mass is 766 g/mol. The molecule has 0 amide bonds. The second kappa shape index (κ2) is 17.4. The predicted octanol–water partition coefficient (Wildman–Crippen LogP) is 16.5. The van der Waals surface area contributed by atoms with Gasteiger partial charge in [0.05, 0.1) is 11.0 Å². The van der Waals surface area contributed by atoms with Crippen LogP contribution in [0.5, 0.6) is 0 Å². The van der Waals surface area contributed by atoms with Crippen molar-refractivity contribution in [2.45, 2.75) is 119 Å². The molecule has 0 aliphatic heterocycles. The van der Waals surface area contributed by atoms with E-state index in [0.717, 1.165) is 25.7 Å². The number of hydrogen-bond donors (Lipinski definition) is 0. The third-order valence-corrected chi connectivity index (χ3v) is 13.3. The molecule has 0 saturated carbocycles. The van der Waals surface area contributed by atoms with Crippen molar-refractivity contribution in [3.63, 3.8) is 0 Å². The molecule has 0 radical (unpaired) electrons. The lowest BCUT2D eigenvalue weighted by molar-refractivity contribution is 0.595. The van der Waals surface area contributed by atoms with E-state index in [0.29, 0.717) is 11.8 Å². The Hall–Kier alpha value is -5.14. The van der Waals surface area contributed by atoms with E-state index < -0.39 is 0 Å². The normalized spacial score (nSPS) is 14.1. The predicted molar refractivity (Wildman–Crippen MR) is 256 cm³/mol. The lowest BCUT2D eigenvalue weighted by Crippen LogP contribution is -2.23. The van der Waals surface area contributed by atoms with Crippen molar-refractivity contribution >= 4 is 27.4 Å². The second-order valence-electron chi connectivity index (χ2n) is 17.8. The van der Waals surface area contributed by atoms with Gasteiger partial charge in [-0.15, -0.1) is 0 Å². The molecule has 0 aliphatic carbocycles. The van der Waals surface area contributed by atoms with Crippen molar-refractivity contribution < 1.29 is 0 Å². The fourth-order valence-electron chi connectivity index (χ4n) is 9.55. The number of aromatic nitrogens is 1. The topological polar surface area (TPSA) is 4.93 Å². The minimum absolute atomic E-state index is 0.190. The van der Waals surface area contributed by atoms with Crippen molar-refractivity contribution in [3.8, 4) is 5.69 Å². The number of aryl methyl sites for hydroxylation is 2. The van der Waals surface area contributed by atoms with Gasteiger partial charge in [-0.2, -0.15) is 0 Å². The van der Waals surface area contributed by atoms with Gasteiger partial charge in [-0.05, 0) is 143 Å². The van der Waals surface area contributed by atoms with Gasteiger partial charge in [0, 0.05) is 27.3 Å². The maximum Gasteiger partial charge on any atom is 0.0544 e. The van der Waals surface area contributed by atoms with Crippen LogP contribution in [-0.4, -0.2) is 4.57 Å². The third kappa shape index (κ3) is 7.73. The van der Waals surface area contributed by atoms with Crippen LogP contribution in [0.4, 0.5) is 0 Å². The Morgan fingerprint density at radius 2 is 1.28 bits per heavy atom. The lowest BCUT2D eigenvalue weighted by atomic mass is 9.71. The molecule has 300 valence electrons. The van der Waals surface area contributed by atoms with Gasteiger partial charge >= 0.3 is 0 Å². The van der Waals surface area contributed by atoms with Gasteiger partial charge in [0.25, 0.3) is 0 Å². The maximum absolute atomic E-state index is 4.38. The molecular weight excluding hydrogens is 699 g/mol. The van der Waals surface area contributed by atoms with E-state index in [9.17, 15) is 0 Å². The first-order valence-corrected chi connectivity index (χ1v) is 21.8. The average molecular weight is 766 g/mol. The number of benzene rings is 5. The minimum Gasteiger partial charge on any atom is -0.309 e. The zero-order valence-electron chi connectivity index (χ0n) is 37.4. The van der Waals surface area contributed by atoms with Crippen LogP contribution in [0.2, 0.25) is 0 Å². The molecule has 6 aromatic rings. The highest BCUT2D eigenvalue weighted by Crippen LogP contribution is 2.46. The smallest absolute Gasteiger partial charge is 0.0544 e. The molecule has 2 atom stereocenters. The van der Waals surface area contributed by atoms with Crippen LogP contribution in [0.15, 0.2) is 146 Å². The largest absolute Gasteiger partial charge is 0.309 e. The summed E-state index contributed by atoms with van der Waals surface area (Å²) < 4.78 is 2.54. The lowest BCUT2D eigenvalue weighted by Gasteiger charge is -2.32. The molecule has 1 nitrogen and oxygen atoms in total. The number of allylic oxidation sites excluding steroid dienone is 5. The molecule has 1 heteroatoms. The van der Waals surface area contributed by atoms with Gasteiger partial charge in [-0.1, -0.05) is 167 Å². The number of nitrogens with zero attached hydrogens (tertiary/aromatic N) is 1. The first-order chi connectivity index (χ1) is 27.7. The Kier molecular flexibility index (Phi) is 12.7. The molecule has 0 spiro atoms. The van der Waals surface area contributed by atoms with Crippen LogP contribution in [0.1, 0.15) is 138 Å². The Morgan fingerprint density at radius 1 is 0.655 bits per heavy atom. The standard InChI is InChI=1S/C57H67N/c1-14-19-28-46(42-26-21-20-22-27-42)43-30-32-44(33-31-43)58-54-36-47(39(7)16-3)53(57(12,13)51-29-24-23-25-40(51)8)35-49(54)48-34-41(9)52(37-55(48)58)56(10,11)50(18-5)45(17-4)38(6)15-2/h17-18,20-39H,4-5,14-16,19H2,1-3,6-13H3/b46-28-,50-45-. The fraction of sp³-hybridized carbons (Fsp3) is 0.333. The first-order valence-electron chi connectivity index (χ1n) is 21.8. The molecule has 0 fully saturated rings. The van der Waals surface area contributed by atoms with Crippen LogP contribution < -0.4 is 0 Å². The minimum atomic E-state index is -0.299. The van der Waals surface area contributed by atoms with Crippen molar-refractivity contribution in [3.05, 3.63) is 190 Å². The summed E-state index contributed by atoms with van der Waals surface area (Å²) in [6, 6.07) is 39.1. The van der Waals surface area contributed by atoms with E-state index >= 15 is 0 Å². The molecule has 0 bridgehead atoms. The molecule has 6 rings (SSSR count). The number of fused-ring (bicyclic) bond motifs is 3. The zero-order chi connectivity index (χ0) is 41.9. The van der Waals surface area contributed by atoms with E-state index in [1.54, 1.807) is 0 Å². The molecule has 1 aromatic heterocycles. The highest BCUT2D eigenvalue weighted by Gasteiger charge is 2.33. The molecule has 58 heavy (non-hydrogen) atoms. The second-order valence-corrected chi connectivity index (χ2v) is 17.8. The molecular formula is C57H67N. The van der Waals surface area contributed by atoms with Crippen molar-refractivity contribution in [2.75, 3.05) is 0 Å². The summed E-state index contributed by atoms with van der Waals surface area (Å²) in [5.74, 6) is 0.781.